The van der Waals surface area contributed by atoms with Crippen LogP contribution in [-0.2, 0) is 31.8 Å². The van der Waals surface area contributed by atoms with Gasteiger partial charge >= 0.3 is 13.8 Å². The zero-order chi connectivity index (χ0) is 24.9. The zero-order valence-corrected chi connectivity index (χ0v) is 18.9. The minimum absolute atomic E-state index is 0.101. The van der Waals surface area contributed by atoms with E-state index in [1.807, 2.05) is 35.6 Å². The lowest BCUT2D eigenvalue weighted by Gasteiger charge is -2.45. The Morgan fingerprint density at radius 3 is 2.56 bits per heavy atom. The maximum Gasteiger partial charge on any atom is 0.435 e. The smallest absolute Gasteiger partial charge is 0.435 e. The number of aromatic amines is 1. The molecule has 1 aliphatic rings. The van der Waals surface area contributed by atoms with Crippen molar-refractivity contribution in [1.29, 1.82) is 0 Å². The number of benzene rings is 1. The van der Waals surface area contributed by atoms with E-state index in [-0.39, 0.29) is 18.9 Å². The van der Waals surface area contributed by atoms with Crippen LogP contribution in [0.15, 0.2) is 47.4 Å². The molecule has 0 bridgehead atoms. The first kappa shape index (κ1) is 25.0. The fourth-order valence-corrected chi connectivity index (χ4v) is 4.56. The van der Waals surface area contributed by atoms with Gasteiger partial charge in [0.2, 0.25) is 11.3 Å². The van der Waals surface area contributed by atoms with E-state index in [1.54, 1.807) is 0 Å². The monoisotopic (exact) mass is 494 g/mol. The Balaban J connectivity index is 1.46. The van der Waals surface area contributed by atoms with Gasteiger partial charge in [-0.2, -0.15) is 0 Å². The van der Waals surface area contributed by atoms with E-state index in [4.69, 9.17) is 14.4 Å². The number of aromatic nitrogens is 1. The number of nitrogens with one attached hydrogen (secondary N) is 3. The molecule has 5 N–H and O–H groups in total. The summed E-state index contributed by atoms with van der Waals surface area (Å²) in [6.45, 7) is 0.626. The van der Waals surface area contributed by atoms with Crippen molar-refractivity contribution in [2.75, 3.05) is 6.61 Å². The highest BCUT2D eigenvalue weighted by Gasteiger charge is 2.54. The van der Waals surface area contributed by atoms with Crippen LogP contribution in [0.1, 0.15) is 18.2 Å². The summed E-state index contributed by atoms with van der Waals surface area (Å²) in [6, 6.07) is 8.41. The highest BCUT2D eigenvalue weighted by Crippen LogP contribution is 2.52. The third-order valence-corrected chi connectivity index (χ3v) is 6.50. The van der Waals surface area contributed by atoms with Crippen LogP contribution < -0.4 is 20.8 Å². The number of hydrogen-bond acceptors (Lipinski definition) is 7. The van der Waals surface area contributed by atoms with Crippen LogP contribution in [0.4, 0.5) is 4.79 Å². The Morgan fingerprint density at radius 1 is 1.24 bits per heavy atom. The first-order valence-electron chi connectivity index (χ1n) is 10.0. The summed E-state index contributed by atoms with van der Waals surface area (Å²) >= 11 is 0. The maximum atomic E-state index is 12.3. The Hall–Kier alpha value is -3.67. The molecule has 182 valence electrons. The standard InChI is InChI=1S/C20H23N4O9P/c1-12-18(23-20(28)29)19(27)24(12)34(30,31)33-11-17(26)22-8-14-7-15(25)16(9-21-14)32-10-13-5-3-2-4-6-13/h2-7,9,12,18,23H,8,10-11H2,1H3,(H,21,25)(H,22,26)(H,28,29)(H,30,31)/t12-,18?/m0/s1. The van der Waals surface area contributed by atoms with Gasteiger partial charge in [0, 0.05) is 18.0 Å². The molecule has 2 unspecified atom stereocenters. The molecule has 0 saturated carbocycles. The van der Waals surface area contributed by atoms with Crippen molar-refractivity contribution in [3.05, 3.63) is 64.1 Å². The Bertz CT molecular complexity index is 1170. The van der Waals surface area contributed by atoms with Crippen LogP contribution in [0.2, 0.25) is 0 Å². The van der Waals surface area contributed by atoms with E-state index in [9.17, 15) is 28.6 Å². The lowest BCUT2D eigenvalue weighted by atomic mass is 10.0. The molecule has 1 aromatic heterocycles. The number of pyridine rings is 1. The molecular weight excluding hydrogens is 471 g/mol. The van der Waals surface area contributed by atoms with Gasteiger partial charge in [-0.1, -0.05) is 30.3 Å². The Labute approximate surface area is 193 Å². The molecule has 1 aromatic carbocycles. The highest BCUT2D eigenvalue weighted by molar-refractivity contribution is 7.51. The maximum absolute atomic E-state index is 12.3. The van der Waals surface area contributed by atoms with Crippen molar-refractivity contribution >= 4 is 25.7 Å². The molecule has 3 amide bonds. The average molecular weight is 494 g/mol. The molecule has 14 heteroatoms. The van der Waals surface area contributed by atoms with Crippen molar-refractivity contribution in [2.45, 2.75) is 32.2 Å². The van der Waals surface area contributed by atoms with E-state index < -0.39 is 49.8 Å². The molecular formula is C20H23N4O9P. The fraction of sp³-hybridized carbons (Fsp3) is 0.300. The lowest BCUT2D eigenvalue weighted by Crippen LogP contribution is -2.68. The minimum Gasteiger partial charge on any atom is -0.483 e. The fourth-order valence-electron chi connectivity index (χ4n) is 3.18. The van der Waals surface area contributed by atoms with E-state index in [0.717, 1.165) is 5.56 Å². The number of nitrogens with zero attached hydrogens (tertiary/aromatic N) is 1. The van der Waals surface area contributed by atoms with Crippen LogP contribution in [-0.4, -0.2) is 56.3 Å². The largest absolute Gasteiger partial charge is 0.483 e. The number of carboxylic acid groups (broad SMARTS) is 1. The van der Waals surface area contributed by atoms with Crippen LogP contribution >= 0.6 is 7.75 Å². The van der Waals surface area contributed by atoms with Crippen molar-refractivity contribution in [3.8, 4) is 5.75 Å². The number of β-lactam (4-membered cyclic amide) rings is 1. The average Bonchev–Trinajstić information content (AvgIpc) is 2.80. The van der Waals surface area contributed by atoms with Crippen molar-refractivity contribution in [2.24, 2.45) is 0 Å². The van der Waals surface area contributed by atoms with Gasteiger partial charge in [-0.15, -0.1) is 0 Å². The molecule has 3 atom stereocenters. The summed E-state index contributed by atoms with van der Waals surface area (Å²) in [7, 11) is -4.67. The second-order valence-electron chi connectivity index (χ2n) is 7.35. The Kier molecular flexibility index (Phi) is 7.72. The number of carbonyl (C=O) groups excluding carboxylic acids is 2. The summed E-state index contributed by atoms with van der Waals surface area (Å²) in [6.07, 6.45) is -0.0874. The van der Waals surface area contributed by atoms with Gasteiger partial charge in [-0.3, -0.25) is 18.9 Å². The van der Waals surface area contributed by atoms with Crippen LogP contribution in [0.3, 0.4) is 0 Å². The predicted octanol–water partition coefficient (Wildman–Crippen LogP) is 0.554. The number of rotatable bonds is 10. The van der Waals surface area contributed by atoms with E-state index in [1.165, 1.54) is 19.2 Å². The van der Waals surface area contributed by atoms with E-state index in [2.05, 4.69) is 10.3 Å². The van der Waals surface area contributed by atoms with E-state index >= 15 is 0 Å². The van der Waals surface area contributed by atoms with Gasteiger partial charge < -0.3 is 30.4 Å². The number of hydrogen-bond donors (Lipinski definition) is 5. The molecule has 1 aliphatic heterocycles. The summed E-state index contributed by atoms with van der Waals surface area (Å²) in [5, 5.41) is 13.0. The molecule has 34 heavy (non-hydrogen) atoms. The minimum atomic E-state index is -4.67. The first-order valence-corrected chi connectivity index (χ1v) is 11.6. The van der Waals surface area contributed by atoms with Gasteiger partial charge in [0.25, 0.3) is 5.91 Å². The van der Waals surface area contributed by atoms with Gasteiger partial charge in [-0.05, 0) is 12.5 Å². The number of carbonyl (C=O) groups is 3. The third-order valence-electron chi connectivity index (χ3n) is 4.93. The molecule has 13 nitrogen and oxygen atoms in total. The number of H-pyrrole nitrogens is 1. The van der Waals surface area contributed by atoms with Crippen LogP contribution in [0, 0.1) is 0 Å². The highest BCUT2D eigenvalue weighted by atomic mass is 31.2. The molecule has 3 rings (SSSR count). The quantitative estimate of drug-likeness (QED) is 0.232. The van der Waals surface area contributed by atoms with Gasteiger partial charge in [-0.25, -0.2) is 14.0 Å². The Morgan fingerprint density at radius 2 is 1.94 bits per heavy atom. The molecule has 0 radical (unpaired) electrons. The molecule has 1 saturated heterocycles. The second-order valence-corrected chi connectivity index (χ2v) is 9.02. The summed E-state index contributed by atoms with van der Waals surface area (Å²) in [4.78, 5) is 59.6. The van der Waals surface area contributed by atoms with Gasteiger partial charge in [0.05, 0.1) is 12.6 Å². The normalized spacial score (nSPS) is 19.0. The van der Waals surface area contributed by atoms with Crippen molar-refractivity contribution in [3.63, 3.8) is 0 Å². The number of amides is 3. The topological polar surface area (TPSA) is 187 Å². The van der Waals surface area contributed by atoms with Crippen LogP contribution in [0.5, 0.6) is 5.75 Å². The molecule has 2 aromatic rings. The van der Waals surface area contributed by atoms with Gasteiger partial charge in [0.1, 0.15) is 19.3 Å². The van der Waals surface area contributed by atoms with Gasteiger partial charge in [0.15, 0.2) is 5.75 Å². The molecule has 1 fully saturated rings. The third kappa shape index (κ3) is 6.01. The first-order chi connectivity index (χ1) is 16.1. The van der Waals surface area contributed by atoms with Crippen molar-refractivity contribution < 1.29 is 38.2 Å². The second kappa shape index (κ2) is 10.5. The lowest BCUT2D eigenvalue weighted by molar-refractivity contribution is -0.143. The molecule has 0 spiro atoms. The molecule has 2 heterocycles. The predicted molar refractivity (Wildman–Crippen MR) is 117 cm³/mol. The van der Waals surface area contributed by atoms with Crippen LogP contribution in [0.25, 0.3) is 0 Å². The summed E-state index contributed by atoms with van der Waals surface area (Å²) in [5.74, 6) is -1.61. The molecule has 0 aliphatic carbocycles. The van der Waals surface area contributed by atoms with E-state index in [0.29, 0.717) is 10.4 Å². The zero-order valence-electron chi connectivity index (χ0n) is 18.0. The SMILES string of the molecule is C[C@H]1C(NC(=O)O)C(=O)N1P(=O)(O)OCC(=O)NCc1cc(=O)c(OCc2ccccc2)c[nH]1. The number of ether oxygens (including phenoxy) is 1. The summed E-state index contributed by atoms with van der Waals surface area (Å²) < 4.78 is 23.0. The van der Waals surface area contributed by atoms with Crippen molar-refractivity contribution in [1.82, 2.24) is 20.3 Å². The summed E-state index contributed by atoms with van der Waals surface area (Å²) in [5.41, 5.74) is 0.846.